The summed E-state index contributed by atoms with van der Waals surface area (Å²) in [4.78, 5) is 15.5. The molecule has 0 bridgehead atoms. The van der Waals surface area contributed by atoms with Crippen molar-refractivity contribution in [3.8, 4) is 0 Å². The van der Waals surface area contributed by atoms with Crippen molar-refractivity contribution < 1.29 is 4.79 Å². The van der Waals surface area contributed by atoms with Crippen LogP contribution in [0.3, 0.4) is 0 Å². The molecule has 4 nitrogen and oxygen atoms in total. The topological polar surface area (TPSA) is 67.2 Å². The zero-order valence-corrected chi connectivity index (χ0v) is 6.76. The first-order chi connectivity index (χ1) is 4.27. The minimum Gasteiger partial charge on any atom is -0.405 e. The Morgan fingerprint density at radius 3 is 2.89 bits per heavy atom. The number of primary amides is 1. The molecule has 9 heavy (non-hydrogen) atoms. The Morgan fingerprint density at radius 2 is 2.44 bits per heavy atom. The van der Waals surface area contributed by atoms with Gasteiger partial charge in [0.25, 0.3) is 0 Å². The van der Waals surface area contributed by atoms with E-state index in [0.29, 0.717) is 0 Å². The number of amides is 2. The molecule has 0 spiro atoms. The minimum atomic E-state index is -0.709. The molecule has 0 atom stereocenters. The molecule has 0 aliphatic carbocycles. The SMILES string of the molecule is CC=CN[SiH2]NC(N)=O. The fourth-order valence-electron chi connectivity index (χ4n) is 0.315. The molecule has 0 saturated carbocycles. The van der Waals surface area contributed by atoms with Crippen LogP contribution in [-0.4, -0.2) is 15.9 Å². The number of nitrogens with two attached hydrogens (primary N) is 1. The second kappa shape index (κ2) is 5.17. The number of allylic oxidation sites excluding steroid dienone is 1. The molecule has 0 radical (unpaired) electrons. The van der Waals surface area contributed by atoms with Gasteiger partial charge in [-0.05, 0) is 13.1 Å². The highest BCUT2D eigenvalue weighted by molar-refractivity contribution is 6.34. The van der Waals surface area contributed by atoms with Gasteiger partial charge in [0.05, 0.1) is 0 Å². The molecule has 2 amide bonds. The predicted octanol–water partition coefficient (Wildman–Crippen LogP) is -1.22. The lowest BCUT2D eigenvalue weighted by Crippen LogP contribution is -2.38. The standard InChI is InChI=1S/C4H11N3OSi/c1-2-3-6-9-7-4(5)8/h2-3,6H,9H2,1H3,(H3,5,7,8). The van der Waals surface area contributed by atoms with Gasteiger partial charge in [0, 0.05) is 0 Å². The van der Waals surface area contributed by atoms with E-state index < -0.39 is 15.9 Å². The summed E-state index contributed by atoms with van der Waals surface area (Å²) in [7, 11) is -0.709. The molecule has 0 aromatic carbocycles. The molecule has 0 fully saturated rings. The van der Waals surface area contributed by atoms with E-state index in [4.69, 9.17) is 5.73 Å². The predicted molar refractivity (Wildman–Crippen MR) is 39.2 cm³/mol. The molecular weight excluding hydrogens is 134 g/mol. The summed E-state index contributed by atoms with van der Waals surface area (Å²) < 4.78 is 0. The second-order valence-electron chi connectivity index (χ2n) is 1.42. The van der Waals surface area contributed by atoms with Gasteiger partial charge in [-0.3, -0.25) is 4.79 Å². The number of carbonyl (C=O) groups excluding carboxylic acids is 1. The summed E-state index contributed by atoms with van der Waals surface area (Å²) in [6, 6.07) is -0.460. The highest BCUT2D eigenvalue weighted by atomic mass is 28.2. The Morgan fingerprint density at radius 1 is 1.78 bits per heavy atom. The van der Waals surface area contributed by atoms with Gasteiger partial charge in [0.1, 0.15) is 0 Å². The summed E-state index contributed by atoms with van der Waals surface area (Å²) in [6.07, 6.45) is 3.64. The van der Waals surface area contributed by atoms with Crippen LogP contribution in [-0.2, 0) is 0 Å². The number of carbonyl (C=O) groups is 1. The third-order valence-electron chi connectivity index (χ3n) is 0.649. The van der Waals surface area contributed by atoms with Crippen molar-refractivity contribution in [2.24, 2.45) is 5.73 Å². The average molecular weight is 145 g/mol. The van der Waals surface area contributed by atoms with Crippen molar-refractivity contribution in [2.45, 2.75) is 6.92 Å². The third-order valence-corrected chi connectivity index (χ3v) is 1.61. The maximum Gasteiger partial charge on any atom is 0.305 e. The summed E-state index contributed by atoms with van der Waals surface area (Å²) in [5, 5.41) is 0. The maximum atomic E-state index is 10.0. The van der Waals surface area contributed by atoms with E-state index in [1.807, 2.05) is 13.0 Å². The monoisotopic (exact) mass is 145 g/mol. The van der Waals surface area contributed by atoms with Crippen LogP contribution in [0.25, 0.3) is 0 Å². The maximum absolute atomic E-state index is 10.0. The molecule has 4 N–H and O–H groups in total. The van der Waals surface area contributed by atoms with Gasteiger partial charge < -0.3 is 15.7 Å². The normalized spacial score (nSPS) is 10.8. The quantitative estimate of drug-likeness (QED) is 0.344. The van der Waals surface area contributed by atoms with E-state index in [1.54, 1.807) is 6.20 Å². The van der Waals surface area contributed by atoms with Crippen molar-refractivity contribution in [3.63, 3.8) is 0 Å². The van der Waals surface area contributed by atoms with E-state index in [-0.39, 0.29) is 0 Å². The Hall–Kier alpha value is -0.973. The van der Waals surface area contributed by atoms with Crippen LogP contribution >= 0.6 is 0 Å². The molecule has 0 heterocycles. The van der Waals surface area contributed by atoms with Crippen LogP contribution in [0.15, 0.2) is 12.3 Å². The lowest BCUT2D eigenvalue weighted by atomic mass is 10.7. The van der Waals surface area contributed by atoms with Crippen LogP contribution in [0, 0.1) is 0 Å². The summed E-state index contributed by atoms with van der Waals surface area (Å²) in [6.45, 7) is 1.89. The Bertz CT molecular complexity index is 114. The van der Waals surface area contributed by atoms with Gasteiger partial charge in [-0.1, -0.05) is 6.08 Å². The first kappa shape index (κ1) is 8.03. The van der Waals surface area contributed by atoms with Crippen LogP contribution in [0.4, 0.5) is 4.79 Å². The van der Waals surface area contributed by atoms with Crippen LogP contribution < -0.4 is 15.7 Å². The van der Waals surface area contributed by atoms with Crippen LogP contribution in [0.1, 0.15) is 6.92 Å². The van der Waals surface area contributed by atoms with E-state index in [2.05, 4.69) is 9.96 Å². The molecule has 0 aliphatic heterocycles. The molecular formula is C4H11N3OSi. The first-order valence-electron chi connectivity index (χ1n) is 2.65. The summed E-state index contributed by atoms with van der Waals surface area (Å²) >= 11 is 0. The van der Waals surface area contributed by atoms with E-state index >= 15 is 0 Å². The van der Waals surface area contributed by atoms with Gasteiger partial charge in [-0.15, -0.1) is 0 Å². The van der Waals surface area contributed by atoms with Crippen molar-refractivity contribution in [1.29, 1.82) is 0 Å². The summed E-state index contributed by atoms with van der Waals surface area (Å²) in [5.41, 5.74) is 4.80. The van der Waals surface area contributed by atoms with E-state index in [0.717, 1.165) is 0 Å². The summed E-state index contributed by atoms with van der Waals surface area (Å²) in [5.74, 6) is 0. The smallest absolute Gasteiger partial charge is 0.305 e. The van der Waals surface area contributed by atoms with Crippen molar-refractivity contribution in [1.82, 2.24) is 9.96 Å². The molecule has 0 aliphatic rings. The van der Waals surface area contributed by atoms with Gasteiger partial charge in [-0.2, -0.15) is 0 Å². The van der Waals surface area contributed by atoms with Crippen LogP contribution in [0.2, 0.25) is 0 Å². The second-order valence-corrected chi connectivity index (χ2v) is 2.54. The molecule has 0 saturated heterocycles. The number of rotatable bonds is 3. The fraction of sp³-hybridized carbons (Fsp3) is 0.250. The first-order valence-corrected chi connectivity index (χ1v) is 4.06. The lowest BCUT2D eigenvalue weighted by molar-refractivity contribution is 0.253. The highest BCUT2D eigenvalue weighted by Crippen LogP contribution is 1.57. The van der Waals surface area contributed by atoms with Gasteiger partial charge in [0.2, 0.25) is 9.84 Å². The molecule has 0 unspecified atom stereocenters. The average Bonchev–Trinajstić information content (AvgIpc) is 1.80. The largest absolute Gasteiger partial charge is 0.405 e. The molecule has 0 aromatic heterocycles. The number of hydrogen-bond donors (Lipinski definition) is 3. The third kappa shape index (κ3) is 7.03. The zero-order chi connectivity index (χ0) is 7.11. The van der Waals surface area contributed by atoms with Gasteiger partial charge >= 0.3 is 6.03 Å². The number of urea groups is 1. The lowest BCUT2D eigenvalue weighted by Gasteiger charge is -1.97. The van der Waals surface area contributed by atoms with E-state index in [1.165, 1.54) is 0 Å². The van der Waals surface area contributed by atoms with Crippen molar-refractivity contribution >= 4 is 15.9 Å². The number of hydrogen-bond acceptors (Lipinski definition) is 2. The molecule has 5 heteroatoms. The molecule has 52 valence electrons. The minimum absolute atomic E-state index is 0.460. The molecule has 0 rings (SSSR count). The zero-order valence-electron chi connectivity index (χ0n) is 5.35. The Balaban J connectivity index is 3.01. The van der Waals surface area contributed by atoms with E-state index in [9.17, 15) is 4.79 Å². The van der Waals surface area contributed by atoms with Gasteiger partial charge in [0.15, 0.2) is 0 Å². The van der Waals surface area contributed by atoms with Gasteiger partial charge in [-0.25, -0.2) is 0 Å². The van der Waals surface area contributed by atoms with Crippen molar-refractivity contribution in [3.05, 3.63) is 12.3 Å². The molecule has 0 aromatic rings. The Kier molecular flexibility index (Phi) is 4.61. The van der Waals surface area contributed by atoms with Crippen molar-refractivity contribution in [2.75, 3.05) is 0 Å². The number of nitrogens with one attached hydrogen (secondary N) is 2. The Labute approximate surface area is 56.5 Å². The van der Waals surface area contributed by atoms with Crippen LogP contribution in [0.5, 0.6) is 0 Å². The highest BCUT2D eigenvalue weighted by Gasteiger charge is 1.85. The fourth-order valence-corrected chi connectivity index (χ4v) is 0.945.